The molecule has 0 saturated heterocycles. The Labute approximate surface area is 127 Å². The molecule has 1 rings (SSSR count). The van der Waals surface area contributed by atoms with Crippen molar-refractivity contribution in [3.63, 3.8) is 0 Å². The average molecular weight is 318 g/mol. The maximum atomic E-state index is 12.0. The molecule has 0 aliphatic rings. The van der Waals surface area contributed by atoms with E-state index in [4.69, 9.17) is 11.6 Å². The Hall–Kier alpha value is -0.580. The van der Waals surface area contributed by atoms with Gasteiger partial charge in [0.05, 0.1) is 5.75 Å². The zero-order chi connectivity index (χ0) is 15.2. The zero-order valence-corrected chi connectivity index (χ0v) is 14.0. The molecule has 0 heterocycles. The number of alkyl halides is 1. The van der Waals surface area contributed by atoms with Crippen LogP contribution in [0, 0.1) is 5.92 Å². The van der Waals surface area contributed by atoms with Crippen LogP contribution in [0.2, 0.25) is 0 Å². The number of nitrogens with one attached hydrogen (secondary N) is 1. The molecule has 1 atom stereocenters. The van der Waals surface area contributed by atoms with Crippen molar-refractivity contribution in [1.29, 1.82) is 0 Å². The molecule has 1 aromatic carbocycles. The Bertz CT molecular complexity index is 497. The third-order valence-electron chi connectivity index (χ3n) is 3.27. The number of hydrogen-bond acceptors (Lipinski definition) is 2. The number of aryl methyl sites for hydroxylation is 1. The second kappa shape index (κ2) is 8.01. The second-order valence-electron chi connectivity index (χ2n) is 5.30. The van der Waals surface area contributed by atoms with Crippen molar-refractivity contribution in [2.75, 3.05) is 11.6 Å². The number of benzene rings is 1. The van der Waals surface area contributed by atoms with Gasteiger partial charge < -0.3 is 0 Å². The van der Waals surface area contributed by atoms with Gasteiger partial charge in [-0.1, -0.05) is 45.0 Å². The van der Waals surface area contributed by atoms with Crippen LogP contribution in [0.15, 0.2) is 24.3 Å². The minimum absolute atomic E-state index is 0.0762. The predicted molar refractivity (Wildman–Crippen MR) is 85.7 cm³/mol. The Balaban J connectivity index is 2.88. The normalized spacial score (nSPS) is 13.7. The largest absolute Gasteiger partial charge is 0.212 e. The highest BCUT2D eigenvalue weighted by atomic mass is 35.5. The SMILES string of the molecule is CCc1ccc(C(NS(=O)(=O)CCCCl)C(C)C)cc1. The molecule has 0 saturated carbocycles. The highest BCUT2D eigenvalue weighted by molar-refractivity contribution is 7.89. The van der Waals surface area contributed by atoms with Gasteiger partial charge in [-0.25, -0.2) is 13.1 Å². The van der Waals surface area contributed by atoms with Gasteiger partial charge in [-0.3, -0.25) is 0 Å². The number of halogens is 1. The van der Waals surface area contributed by atoms with Crippen LogP contribution in [0.25, 0.3) is 0 Å². The van der Waals surface area contributed by atoms with Crippen LogP contribution in [0.4, 0.5) is 0 Å². The molecule has 0 aliphatic heterocycles. The van der Waals surface area contributed by atoms with E-state index in [1.54, 1.807) is 0 Å². The summed E-state index contributed by atoms with van der Waals surface area (Å²) < 4.78 is 26.9. The quantitative estimate of drug-likeness (QED) is 0.746. The van der Waals surface area contributed by atoms with Gasteiger partial charge in [-0.2, -0.15) is 0 Å². The third kappa shape index (κ3) is 5.43. The first-order chi connectivity index (χ1) is 9.39. The van der Waals surface area contributed by atoms with Gasteiger partial charge in [-0.15, -0.1) is 11.6 Å². The minimum Gasteiger partial charge on any atom is -0.212 e. The fourth-order valence-electron chi connectivity index (χ4n) is 2.05. The highest BCUT2D eigenvalue weighted by Crippen LogP contribution is 2.23. The first kappa shape index (κ1) is 17.5. The molecule has 0 spiro atoms. The zero-order valence-electron chi connectivity index (χ0n) is 12.4. The first-order valence-electron chi connectivity index (χ1n) is 7.04. The van der Waals surface area contributed by atoms with E-state index in [1.807, 2.05) is 26.0 Å². The van der Waals surface area contributed by atoms with Crippen LogP contribution in [-0.4, -0.2) is 20.1 Å². The molecule has 20 heavy (non-hydrogen) atoms. The molecule has 0 aromatic heterocycles. The lowest BCUT2D eigenvalue weighted by Crippen LogP contribution is -2.33. The van der Waals surface area contributed by atoms with Gasteiger partial charge in [0.1, 0.15) is 0 Å². The molecule has 0 amide bonds. The number of rotatable bonds is 8. The van der Waals surface area contributed by atoms with Crippen LogP contribution in [-0.2, 0) is 16.4 Å². The lowest BCUT2D eigenvalue weighted by molar-refractivity contribution is 0.462. The lowest BCUT2D eigenvalue weighted by atomic mass is 9.96. The molecule has 1 unspecified atom stereocenters. The fourth-order valence-corrected chi connectivity index (χ4v) is 3.78. The standard InChI is InChI=1S/C15H24ClNO2S/c1-4-13-6-8-14(9-7-13)15(12(2)3)17-20(18,19)11-5-10-16/h6-9,12,15,17H,4-5,10-11H2,1-3H3. The van der Waals surface area contributed by atoms with Crippen molar-refractivity contribution in [3.8, 4) is 0 Å². The molecule has 0 radical (unpaired) electrons. The maximum absolute atomic E-state index is 12.0. The van der Waals surface area contributed by atoms with Gasteiger partial charge in [0.15, 0.2) is 0 Å². The topological polar surface area (TPSA) is 46.2 Å². The second-order valence-corrected chi connectivity index (χ2v) is 7.55. The van der Waals surface area contributed by atoms with Crippen LogP contribution >= 0.6 is 11.6 Å². The molecule has 1 N–H and O–H groups in total. The summed E-state index contributed by atoms with van der Waals surface area (Å²) in [6.07, 6.45) is 1.45. The summed E-state index contributed by atoms with van der Waals surface area (Å²) in [5.74, 6) is 0.624. The Kier molecular flexibility index (Phi) is 7.00. The van der Waals surface area contributed by atoms with Gasteiger partial charge >= 0.3 is 0 Å². The van der Waals surface area contributed by atoms with Gasteiger partial charge in [0.25, 0.3) is 0 Å². The molecule has 3 nitrogen and oxygen atoms in total. The van der Waals surface area contributed by atoms with Crippen LogP contribution < -0.4 is 4.72 Å². The van der Waals surface area contributed by atoms with E-state index >= 15 is 0 Å². The minimum atomic E-state index is -3.29. The molecule has 0 aliphatic carbocycles. The highest BCUT2D eigenvalue weighted by Gasteiger charge is 2.22. The predicted octanol–water partition coefficient (Wildman–Crippen LogP) is 3.49. The molecule has 0 bridgehead atoms. The van der Waals surface area contributed by atoms with E-state index in [0.29, 0.717) is 12.3 Å². The van der Waals surface area contributed by atoms with E-state index in [-0.39, 0.29) is 17.7 Å². The van der Waals surface area contributed by atoms with Crippen molar-refractivity contribution >= 4 is 21.6 Å². The molecule has 1 aromatic rings. The Morgan fingerprint density at radius 3 is 2.25 bits per heavy atom. The summed E-state index contributed by atoms with van der Waals surface area (Å²) >= 11 is 5.56. The van der Waals surface area contributed by atoms with E-state index in [9.17, 15) is 8.42 Å². The fraction of sp³-hybridized carbons (Fsp3) is 0.600. The molecular weight excluding hydrogens is 294 g/mol. The van der Waals surface area contributed by atoms with E-state index in [1.165, 1.54) is 5.56 Å². The van der Waals surface area contributed by atoms with Crippen molar-refractivity contribution in [2.45, 2.75) is 39.7 Å². The van der Waals surface area contributed by atoms with E-state index in [0.717, 1.165) is 12.0 Å². The third-order valence-corrected chi connectivity index (χ3v) is 4.97. The Morgan fingerprint density at radius 1 is 1.20 bits per heavy atom. The molecule has 5 heteroatoms. The van der Waals surface area contributed by atoms with Gasteiger partial charge in [-0.05, 0) is 29.9 Å². The summed E-state index contributed by atoms with van der Waals surface area (Å²) in [4.78, 5) is 0. The molecular formula is C15H24ClNO2S. The van der Waals surface area contributed by atoms with Crippen molar-refractivity contribution in [3.05, 3.63) is 35.4 Å². The number of sulfonamides is 1. The van der Waals surface area contributed by atoms with Crippen LogP contribution in [0.1, 0.15) is 44.4 Å². The lowest BCUT2D eigenvalue weighted by Gasteiger charge is -2.23. The number of hydrogen-bond donors (Lipinski definition) is 1. The van der Waals surface area contributed by atoms with Crippen molar-refractivity contribution in [2.24, 2.45) is 5.92 Å². The van der Waals surface area contributed by atoms with E-state index in [2.05, 4.69) is 23.8 Å². The summed E-state index contributed by atoms with van der Waals surface area (Å²) in [7, 11) is -3.29. The first-order valence-corrected chi connectivity index (χ1v) is 9.23. The summed E-state index contributed by atoms with van der Waals surface area (Å²) in [6.45, 7) is 6.13. The van der Waals surface area contributed by atoms with E-state index < -0.39 is 10.0 Å². The smallest absolute Gasteiger partial charge is 0.212 e. The summed E-state index contributed by atoms with van der Waals surface area (Å²) in [6, 6.07) is 7.93. The van der Waals surface area contributed by atoms with Crippen LogP contribution in [0.5, 0.6) is 0 Å². The van der Waals surface area contributed by atoms with Crippen molar-refractivity contribution in [1.82, 2.24) is 4.72 Å². The molecule has 0 fully saturated rings. The van der Waals surface area contributed by atoms with Crippen molar-refractivity contribution < 1.29 is 8.42 Å². The average Bonchev–Trinajstić information content (AvgIpc) is 2.43. The van der Waals surface area contributed by atoms with Crippen LogP contribution in [0.3, 0.4) is 0 Å². The Morgan fingerprint density at radius 2 is 1.80 bits per heavy atom. The monoisotopic (exact) mass is 317 g/mol. The summed E-state index contributed by atoms with van der Waals surface area (Å²) in [5, 5.41) is 0. The van der Waals surface area contributed by atoms with Gasteiger partial charge in [0, 0.05) is 11.9 Å². The maximum Gasteiger partial charge on any atom is 0.212 e. The van der Waals surface area contributed by atoms with Gasteiger partial charge in [0.2, 0.25) is 10.0 Å². The molecule has 114 valence electrons. The summed E-state index contributed by atoms with van der Waals surface area (Å²) in [5.41, 5.74) is 2.26.